The zero-order valence-corrected chi connectivity index (χ0v) is 18.2. The second kappa shape index (κ2) is 10.4. The molecule has 2 heterocycles. The highest BCUT2D eigenvalue weighted by Crippen LogP contribution is 2.13. The minimum absolute atomic E-state index is 0.114. The number of aromatic nitrogens is 4. The van der Waals surface area contributed by atoms with Crippen LogP contribution in [0.4, 0.5) is 10.1 Å². The number of hydrogen-bond donors (Lipinski definition) is 1. The molecule has 1 N–H and O–H groups in total. The van der Waals surface area contributed by atoms with Gasteiger partial charge in [0.2, 0.25) is 5.91 Å². The molecule has 0 bridgehead atoms. The predicted octanol–water partition coefficient (Wildman–Crippen LogP) is 2.38. The van der Waals surface area contributed by atoms with Gasteiger partial charge in [-0.2, -0.15) is 4.68 Å². The molecule has 1 aliphatic heterocycles. The maximum absolute atomic E-state index is 13.3. The minimum atomic E-state index is -0.359. The summed E-state index contributed by atoms with van der Waals surface area (Å²) in [6.45, 7) is 6.30. The number of tetrazole rings is 1. The van der Waals surface area contributed by atoms with Gasteiger partial charge in [-0.3, -0.25) is 9.69 Å². The van der Waals surface area contributed by atoms with Crippen molar-refractivity contribution in [3.8, 4) is 5.69 Å². The van der Waals surface area contributed by atoms with Crippen molar-refractivity contribution < 1.29 is 9.18 Å². The van der Waals surface area contributed by atoms with E-state index in [1.54, 1.807) is 16.8 Å². The van der Waals surface area contributed by atoms with E-state index in [1.165, 1.54) is 12.1 Å². The summed E-state index contributed by atoms with van der Waals surface area (Å²) < 4.78 is 15.1. The highest BCUT2D eigenvalue weighted by Gasteiger charge is 2.25. The van der Waals surface area contributed by atoms with Crippen LogP contribution in [0.3, 0.4) is 0 Å². The van der Waals surface area contributed by atoms with Crippen molar-refractivity contribution in [1.29, 1.82) is 0 Å². The SMILES string of the molecule is C[C@@H](C(=O)Nc1cccc(F)c1)N1CCN(CCCc2nnnn2-c2ccccc2)CC1. The third-order valence-electron chi connectivity index (χ3n) is 5.84. The molecule has 0 saturated carbocycles. The number of nitrogens with zero attached hydrogens (tertiary/aromatic N) is 6. The fraction of sp³-hybridized carbons (Fsp3) is 0.391. The monoisotopic (exact) mass is 437 g/mol. The van der Waals surface area contributed by atoms with Gasteiger partial charge in [0, 0.05) is 38.3 Å². The first-order chi connectivity index (χ1) is 15.6. The molecule has 9 heteroatoms. The number of para-hydroxylation sites is 1. The van der Waals surface area contributed by atoms with Crippen molar-refractivity contribution >= 4 is 11.6 Å². The molecule has 32 heavy (non-hydrogen) atoms. The largest absolute Gasteiger partial charge is 0.325 e. The van der Waals surface area contributed by atoms with Crippen LogP contribution in [-0.4, -0.2) is 74.7 Å². The van der Waals surface area contributed by atoms with E-state index in [2.05, 4.69) is 30.6 Å². The van der Waals surface area contributed by atoms with Crippen molar-refractivity contribution in [3.05, 3.63) is 66.2 Å². The van der Waals surface area contributed by atoms with Crippen LogP contribution in [0.1, 0.15) is 19.2 Å². The Morgan fingerprint density at radius 3 is 2.62 bits per heavy atom. The first-order valence-electron chi connectivity index (χ1n) is 11.0. The number of aryl methyl sites for hydroxylation is 1. The number of amides is 1. The predicted molar refractivity (Wildman–Crippen MR) is 120 cm³/mol. The van der Waals surface area contributed by atoms with E-state index in [0.29, 0.717) is 5.69 Å². The van der Waals surface area contributed by atoms with Crippen LogP contribution < -0.4 is 5.32 Å². The van der Waals surface area contributed by atoms with Crippen LogP contribution in [0, 0.1) is 5.82 Å². The smallest absolute Gasteiger partial charge is 0.241 e. The Kier molecular flexibility index (Phi) is 7.18. The van der Waals surface area contributed by atoms with Gasteiger partial charge in [0.1, 0.15) is 5.82 Å². The summed E-state index contributed by atoms with van der Waals surface area (Å²) in [6, 6.07) is 15.6. The van der Waals surface area contributed by atoms with Crippen LogP contribution in [0.2, 0.25) is 0 Å². The van der Waals surface area contributed by atoms with Gasteiger partial charge < -0.3 is 10.2 Å². The number of rotatable bonds is 8. The quantitative estimate of drug-likeness (QED) is 0.583. The van der Waals surface area contributed by atoms with E-state index < -0.39 is 0 Å². The Bertz CT molecular complexity index is 1020. The molecular weight excluding hydrogens is 409 g/mol. The Morgan fingerprint density at radius 1 is 1.09 bits per heavy atom. The zero-order valence-electron chi connectivity index (χ0n) is 18.2. The maximum Gasteiger partial charge on any atom is 0.241 e. The number of nitrogens with one attached hydrogen (secondary N) is 1. The van der Waals surface area contributed by atoms with E-state index in [-0.39, 0.29) is 17.8 Å². The van der Waals surface area contributed by atoms with Gasteiger partial charge >= 0.3 is 0 Å². The van der Waals surface area contributed by atoms with Gasteiger partial charge in [-0.15, -0.1) is 5.10 Å². The molecule has 1 atom stereocenters. The molecule has 4 rings (SSSR count). The van der Waals surface area contributed by atoms with Crippen molar-refractivity contribution in [2.45, 2.75) is 25.8 Å². The average molecular weight is 438 g/mol. The normalized spacial score (nSPS) is 16.1. The van der Waals surface area contributed by atoms with Crippen LogP contribution in [0.15, 0.2) is 54.6 Å². The second-order valence-electron chi connectivity index (χ2n) is 8.00. The lowest BCUT2D eigenvalue weighted by Crippen LogP contribution is -2.52. The summed E-state index contributed by atoms with van der Waals surface area (Å²) in [7, 11) is 0. The number of halogens is 1. The molecular formula is C23H28FN7O. The van der Waals surface area contributed by atoms with Crippen LogP contribution in [0.25, 0.3) is 5.69 Å². The molecule has 0 unspecified atom stereocenters. The van der Waals surface area contributed by atoms with E-state index in [9.17, 15) is 9.18 Å². The van der Waals surface area contributed by atoms with Gasteiger partial charge in [0.15, 0.2) is 5.82 Å². The lowest BCUT2D eigenvalue weighted by Gasteiger charge is -2.37. The lowest BCUT2D eigenvalue weighted by atomic mass is 10.2. The van der Waals surface area contributed by atoms with Gasteiger partial charge in [-0.05, 0) is 60.6 Å². The van der Waals surface area contributed by atoms with E-state index >= 15 is 0 Å². The minimum Gasteiger partial charge on any atom is -0.325 e. The standard InChI is InChI=1S/C23H28FN7O/c1-18(23(32)25-20-8-5-7-19(24)17-20)30-15-13-29(14-16-30)12-6-11-22-26-27-28-31(22)21-9-3-2-4-10-21/h2-5,7-10,17-18H,6,11-16H2,1H3,(H,25,32)/t18-/m0/s1. The number of piperazine rings is 1. The summed E-state index contributed by atoms with van der Waals surface area (Å²) >= 11 is 0. The molecule has 2 aromatic carbocycles. The number of benzene rings is 2. The zero-order chi connectivity index (χ0) is 22.3. The first-order valence-corrected chi connectivity index (χ1v) is 11.0. The van der Waals surface area contributed by atoms with E-state index in [0.717, 1.165) is 57.1 Å². The molecule has 0 radical (unpaired) electrons. The fourth-order valence-electron chi connectivity index (χ4n) is 3.95. The van der Waals surface area contributed by atoms with Gasteiger partial charge in [0.05, 0.1) is 11.7 Å². The number of hydrogen-bond acceptors (Lipinski definition) is 6. The summed E-state index contributed by atoms with van der Waals surface area (Å²) in [5.41, 5.74) is 1.45. The molecule has 1 saturated heterocycles. The van der Waals surface area contributed by atoms with Crippen molar-refractivity contribution in [1.82, 2.24) is 30.0 Å². The summed E-state index contributed by atoms with van der Waals surface area (Å²) in [4.78, 5) is 17.1. The highest BCUT2D eigenvalue weighted by molar-refractivity contribution is 5.94. The summed E-state index contributed by atoms with van der Waals surface area (Å²) in [5, 5.41) is 14.9. The topological polar surface area (TPSA) is 79.2 Å². The van der Waals surface area contributed by atoms with Crippen molar-refractivity contribution in [2.24, 2.45) is 0 Å². The molecule has 1 fully saturated rings. The summed E-state index contributed by atoms with van der Waals surface area (Å²) in [6.07, 6.45) is 1.76. The molecule has 3 aromatic rings. The summed E-state index contributed by atoms with van der Waals surface area (Å²) in [5.74, 6) is 0.385. The second-order valence-corrected chi connectivity index (χ2v) is 8.00. The fourth-order valence-corrected chi connectivity index (χ4v) is 3.95. The molecule has 1 aliphatic rings. The van der Waals surface area contributed by atoms with Gasteiger partial charge in [-0.1, -0.05) is 24.3 Å². The van der Waals surface area contributed by atoms with Crippen LogP contribution in [-0.2, 0) is 11.2 Å². The van der Waals surface area contributed by atoms with E-state index in [4.69, 9.17) is 0 Å². The highest BCUT2D eigenvalue weighted by atomic mass is 19.1. The number of carbonyl (C=O) groups is 1. The van der Waals surface area contributed by atoms with Crippen molar-refractivity contribution in [2.75, 3.05) is 38.0 Å². The maximum atomic E-state index is 13.3. The Labute approximate surface area is 187 Å². The number of carbonyl (C=O) groups excluding carboxylic acids is 1. The average Bonchev–Trinajstić information content (AvgIpc) is 3.28. The van der Waals surface area contributed by atoms with Crippen LogP contribution in [0.5, 0.6) is 0 Å². The lowest BCUT2D eigenvalue weighted by molar-refractivity contribution is -0.121. The molecule has 1 aromatic heterocycles. The molecule has 0 aliphatic carbocycles. The Hall–Kier alpha value is -3.17. The third kappa shape index (κ3) is 5.54. The molecule has 1 amide bonds. The van der Waals surface area contributed by atoms with Crippen LogP contribution >= 0.6 is 0 Å². The number of anilines is 1. The molecule has 8 nitrogen and oxygen atoms in total. The van der Waals surface area contributed by atoms with E-state index in [1.807, 2.05) is 37.3 Å². The van der Waals surface area contributed by atoms with Gasteiger partial charge in [-0.25, -0.2) is 4.39 Å². The van der Waals surface area contributed by atoms with Crippen molar-refractivity contribution in [3.63, 3.8) is 0 Å². The Morgan fingerprint density at radius 2 is 1.88 bits per heavy atom. The third-order valence-corrected chi connectivity index (χ3v) is 5.84. The Balaban J connectivity index is 1.21. The molecule has 0 spiro atoms. The molecule has 168 valence electrons. The first kappa shape index (κ1) is 22.0. The van der Waals surface area contributed by atoms with Gasteiger partial charge in [0.25, 0.3) is 0 Å².